The molecule has 0 aliphatic heterocycles. The Hall–Kier alpha value is -0.470. The van der Waals surface area contributed by atoms with E-state index in [4.69, 9.17) is 0 Å². The van der Waals surface area contributed by atoms with Crippen molar-refractivity contribution in [3.63, 3.8) is 0 Å². The molecule has 1 nitrogen and oxygen atoms in total. The molecule has 0 saturated heterocycles. The van der Waals surface area contributed by atoms with Gasteiger partial charge in [-0.05, 0) is 35.8 Å². The van der Waals surface area contributed by atoms with Gasteiger partial charge in [0.1, 0.15) is 0 Å². The fourth-order valence-corrected chi connectivity index (χ4v) is 3.08. The first-order chi connectivity index (χ1) is 8.54. The maximum Gasteiger partial charge on any atom is 0.0409 e. The van der Waals surface area contributed by atoms with E-state index in [1.54, 1.807) is 0 Å². The highest BCUT2D eigenvalue weighted by Crippen LogP contribution is 2.22. The number of hydrogen-bond acceptors (Lipinski definition) is 2. The van der Waals surface area contributed by atoms with Crippen LogP contribution >= 0.6 is 11.8 Å². The monoisotopic (exact) mass is 265 g/mol. The van der Waals surface area contributed by atoms with Gasteiger partial charge in [-0.25, -0.2) is 0 Å². The van der Waals surface area contributed by atoms with Crippen LogP contribution in [0, 0.1) is 5.92 Å². The van der Waals surface area contributed by atoms with Gasteiger partial charge in [-0.15, -0.1) is 0 Å². The molecule has 0 aliphatic carbocycles. The van der Waals surface area contributed by atoms with Crippen molar-refractivity contribution in [2.75, 3.05) is 18.6 Å². The molecule has 0 aliphatic rings. The van der Waals surface area contributed by atoms with Gasteiger partial charge in [0, 0.05) is 11.8 Å². The van der Waals surface area contributed by atoms with Crippen LogP contribution in [-0.2, 0) is 0 Å². The Morgan fingerprint density at radius 1 is 0.944 bits per heavy atom. The lowest BCUT2D eigenvalue weighted by Crippen LogP contribution is -2.19. The predicted octanol–water partition coefficient (Wildman–Crippen LogP) is 4.46. The van der Waals surface area contributed by atoms with Crippen LogP contribution in [0.25, 0.3) is 0 Å². The second-order valence-corrected chi connectivity index (χ2v) is 6.67. The number of thioether (sulfide) groups is 1. The van der Waals surface area contributed by atoms with Gasteiger partial charge in [-0.3, -0.25) is 0 Å². The van der Waals surface area contributed by atoms with E-state index in [1.807, 2.05) is 11.8 Å². The van der Waals surface area contributed by atoms with Crippen molar-refractivity contribution in [1.82, 2.24) is 5.32 Å². The van der Waals surface area contributed by atoms with Crippen LogP contribution in [0.2, 0.25) is 0 Å². The normalized spacial score (nSPS) is 13.3. The molecule has 102 valence electrons. The third-order valence-corrected chi connectivity index (χ3v) is 4.56. The van der Waals surface area contributed by atoms with E-state index in [9.17, 15) is 0 Å². The average molecular weight is 265 g/mol. The predicted molar refractivity (Wildman–Crippen MR) is 84.5 cm³/mol. The quantitative estimate of drug-likeness (QED) is 0.781. The molecule has 0 bridgehead atoms. The summed E-state index contributed by atoms with van der Waals surface area (Å²) in [6.45, 7) is 9.03. The Morgan fingerprint density at radius 2 is 1.50 bits per heavy atom. The molecule has 1 aromatic rings. The zero-order chi connectivity index (χ0) is 13.5. The molecule has 1 aromatic carbocycles. The van der Waals surface area contributed by atoms with Crippen molar-refractivity contribution in [1.29, 1.82) is 0 Å². The highest BCUT2D eigenvalue weighted by Gasteiger charge is 2.10. The topological polar surface area (TPSA) is 12.0 Å². The zero-order valence-electron chi connectivity index (χ0n) is 12.4. The van der Waals surface area contributed by atoms with E-state index in [0.29, 0.717) is 12.0 Å². The Kier molecular flexibility index (Phi) is 6.80. The summed E-state index contributed by atoms with van der Waals surface area (Å²) in [5.74, 6) is 3.77. The van der Waals surface area contributed by atoms with Crippen molar-refractivity contribution in [2.45, 2.75) is 39.7 Å². The molecule has 2 heteroatoms. The van der Waals surface area contributed by atoms with Crippen LogP contribution in [0.5, 0.6) is 0 Å². The summed E-state index contributed by atoms with van der Waals surface area (Å²) in [7, 11) is 2.05. The van der Waals surface area contributed by atoms with Crippen LogP contribution < -0.4 is 5.32 Å². The number of nitrogens with one attached hydrogen (secondary N) is 1. The van der Waals surface area contributed by atoms with Crippen molar-refractivity contribution in [3.8, 4) is 0 Å². The minimum absolute atomic E-state index is 0.468. The van der Waals surface area contributed by atoms with Gasteiger partial charge in [0.25, 0.3) is 0 Å². The van der Waals surface area contributed by atoms with Crippen molar-refractivity contribution in [3.05, 3.63) is 35.4 Å². The smallest absolute Gasteiger partial charge is 0.0409 e. The van der Waals surface area contributed by atoms with Gasteiger partial charge in [0.05, 0.1) is 0 Å². The SMILES string of the molecule is CNC(CSCC(C)C)c1ccc(C(C)C)cc1. The Labute approximate surface area is 117 Å². The molecule has 0 radical (unpaired) electrons. The van der Waals surface area contributed by atoms with Crippen LogP contribution in [0.15, 0.2) is 24.3 Å². The lowest BCUT2D eigenvalue weighted by Gasteiger charge is -2.18. The van der Waals surface area contributed by atoms with E-state index in [-0.39, 0.29) is 0 Å². The Bertz CT molecular complexity index is 329. The standard InChI is InChI=1S/C16H27NS/c1-12(2)10-18-11-16(17-5)15-8-6-14(7-9-15)13(3)4/h6-9,12-13,16-17H,10-11H2,1-5H3. The van der Waals surface area contributed by atoms with Gasteiger partial charge in [0.2, 0.25) is 0 Å². The van der Waals surface area contributed by atoms with Crippen LogP contribution in [-0.4, -0.2) is 18.6 Å². The summed E-state index contributed by atoms with van der Waals surface area (Å²) in [4.78, 5) is 0. The molecule has 1 unspecified atom stereocenters. The maximum absolute atomic E-state index is 3.42. The molecule has 0 aromatic heterocycles. The molecule has 0 fully saturated rings. The first-order valence-corrected chi connectivity index (χ1v) is 8.05. The van der Waals surface area contributed by atoms with Crippen LogP contribution in [0.1, 0.15) is 50.8 Å². The summed E-state index contributed by atoms with van der Waals surface area (Å²) < 4.78 is 0. The summed E-state index contributed by atoms with van der Waals surface area (Å²) in [5.41, 5.74) is 2.82. The van der Waals surface area contributed by atoms with E-state index >= 15 is 0 Å². The van der Waals surface area contributed by atoms with Crippen molar-refractivity contribution >= 4 is 11.8 Å². The largest absolute Gasteiger partial charge is 0.312 e. The fraction of sp³-hybridized carbons (Fsp3) is 0.625. The third-order valence-electron chi connectivity index (χ3n) is 3.09. The van der Waals surface area contributed by atoms with Gasteiger partial charge in [-0.1, -0.05) is 52.0 Å². The molecule has 1 atom stereocenters. The van der Waals surface area contributed by atoms with E-state index < -0.39 is 0 Å². The molecule has 0 spiro atoms. The molecule has 1 N–H and O–H groups in total. The molecular weight excluding hydrogens is 238 g/mol. The molecule has 0 saturated carbocycles. The molecular formula is C16H27NS. The Morgan fingerprint density at radius 3 is 1.94 bits per heavy atom. The lowest BCUT2D eigenvalue weighted by atomic mass is 10.00. The number of hydrogen-bond donors (Lipinski definition) is 1. The summed E-state index contributed by atoms with van der Waals surface area (Å²) in [6, 6.07) is 9.53. The van der Waals surface area contributed by atoms with Gasteiger partial charge in [0.15, 0.2) is 0 Å². The molecule has 0 heterocycles. The highest BCUT2D eigenvalue weighted by atomic mass is 32.2. The minimum Gasteiger partial charge on any atom is -0.312 e. The van der Waals surface area contributed by atoms with E-state index in [1.165, 1.54) is 16.9 Å². The van der Waals surface area contributed by atoms with Crippen molar-refractivity contribution in [2.24, 2.45) is 5.92 Å². The number of rotatable bonds is 7. The highest BCUT2D eigenvalue weighted by molar-refractivity contribution is 7.99. The van der Waals surface area contributed by atoms with Gasteiger partial charge < -0.3 is 5.32 Å². The first-order valence-electron chi connectivity index (χ1n) is 6.89. The maximum atomic E-state index is 3.42. The minimum atomic E-state index is 0.468. The molecule has 0 amide bonds. The summed E-state index contributed by atoms with van der Waals surface area (Å²) in [6.07, 6.45) is 0. The van der Waals surface area contributed by atoms with Crippen LogP contribution in [0.3, 0.4) is 0 Å². The Balaban J connectivity index is 2.58. The molecule has 18 heavy (non-hydrogen) atoms. The van der Waals surface area contributed by atoms with Crippen LogP contribution in [0.4, 0.5) is 0 Å². The van der Waals surface area contributed by atoms with E-state index in [0.717, 1.165) is 11.7 Å². The lowest BCUT2D eigenvalue weighted by molar-refractivity contribution is 0.658. The second kappa shape index (κ2) is 7.85. The van der Waals surface area contributed by atoms with E-state index in [2.05, 4.69) is 64.3 Å². The fourth-order valence-electron chi connectivity index (χ4n) is 1.88. The van der Waals surface area contributed by atoms with Gasteiger partial charge in [-0.2, -0.15) is 11.8 Å². The number of benzene rings is 1. The average Bonchev–Trinajstić information content (AvgIpc) is 2.34. The summed E-state index contributed by atoms with van der Waals surface area (Å²) in [5, 5.41) is 3.42. The third kappa shape index (κ3) is 5.03. The second-order valence-electron chi connectivity index (χ2n) is 5.59. The first kappa shape index (κ1) is 15.6. The molecule has 1 rings (SSSR count). The zero-order valence-corrected chi connectivity index (χ0v) is 13.2. The summed E-state index contributed by atoms with van der Waals surface area (Å²) >= 11 is 2.04. The van der Waals surface area contributed by atoms with Gasteiger partial charge >= 0.3 is 0 Å². The van der Waals surface area contributed by atoms with Crippen molar-refractivity contribution < 1.29 is 0 Å².